The van der Waals surface area contributed by atoms with Gasteiger partial charge in [-0.05, 0) is 67.5 Å². The van der Waals surface area contributed by atoms with Crippen molar-refractivity contribution >= 4 is 38.6 Å². The van der Waals surface area contributed by atoms with Gasteiger partial charge in [0, 0.05) is 48.7 Å². The zero-order valence-electron chi connectivity index (χ0n) is 18.5. The van der Waals surface area contributed by atoms with Crippen molar-refractivity contribution in [1.29, 1.82) is 0 Å². The maximum absolute atomic E-state index is 13.2. The van der Waals surface area contributed by atoms with Gasteiger partial charge in [-0.3, -0.25) is 4.79 Å². The van der Waals surface area contributed by atoms with E-state index in [1.165, 1.54) is 14.8 Å². The van der Waals surface area contributed by atoms with Gasteiger partial charge in [-0.25, -0.2) is 8.42 Å². The molecule has 1 aliphatic rings. The first-order valence-corrected chi connectivity index (χ1v) is 13.5. The monoisotopic (exact) mass is 471 g/mol. The van der Waals surface area contributed by atoms with Crippen LogP contribution in [0.15, 0.2) is 64.5 Å². The van der Waals surface area contributed by atoms with Crippen molar-refractivity contribution in [1.82, 2.24) is 14.2 Å². The summed E-state index contributed by atoms with van der Waals surface area (Å²) in [5.41, 5.74) is 2.16. The van der Waals surface area contributed by atoms with E-state index in [0.29, 0.717) is 25.9 Å². The molecule has 6 nitrogen and oxygen atoms in total. The van der Waals surface area contributed by atoms with Gasteiger partial charge in [-0.2, -0.15) is 4.31 Å². The van der Waals surface area contributed by atoms with Crippen molar-refractivity contribution in [2.45, 2.75) is 29.1 Å². The molecule has 4 rings (SSSR count). The van der Waals surface area contributed by atoms with Crippen LogP contribution in [0, 0.1) is 5.92 Å². The summed E-state index contributed by atoms with van der Waals surface area (Å²) in [7, 11) is -1.70. The minimum absolute atomic E-state index is 0.0656. The Balaban J connectivity index is 1.37. The molecular weight excluding hydrogens is 442 g/mol. The van der Waals surface area contributed by atoms with Gasteiger partial charge >= 0.3 is 0 Å². The van der Waals surface area contributed by atoms with E-state index in [1.807, 2.05) is 36.2 Å². The summed E-state index contributed by atoms with van der Waals surface area (Å²) >= 11 is 1.70. The van der Waals surface area contributed by atoms with Crippen LogP contribution in [-0.2, 0) is 28.3 Å². The molecule has 1 amide bonds. The highest BCUT2D eigenvalue weighted by Crippen LogP contribution is 2.26. The molecule has 32 heavy (non-hydrogen) atoms. The molecule has 0 bridgehead atoms. The van der Waals surface area contributed by atoms with E-state index in [4.69, 9.17) is 0 Å². The molecule has 1 unspecified atom stereocenters. The van der Waals surface area contributed by atoms with Crippen LogP contribution in [0.1, 0.15) is 18.4 Å². The van der Waals surface area contributed by atoms with Crippen LogP contribution in [0.4, 0.5) is 0 Å². The Hall–Kier alpha value is -2.29. The largest absolute Gasteiger partial charge is 0.355 e. The van der Waals surface area contributed by atoms with Crippen molar-refractivity contribution in [2.24, 2.45) is 13.0 Å². The van der Waals surface area contributed by atoms with Crippen LogP contribution in [-0.4, -0.2) is 49.1 Å². The SMILES string of the molecule is CSc1ccc(CCNC(=O)C2CCCN(S(=O)(=O)c3ccc4c(ccn4C)c3)C2)cc1. The van der Waals surface area contributed by atoms with Gasteiger partial charge in [0.05, 0.1) is 10.8 Å². The number of hydrogen-bond acceptors (Lipinski definition) is 4. The minimum atomic E-state index is -3.64. The predicted molar refractivity (Wildman–Crippen MR) is 129 cm³/mol. The lowest BCUT2D eigenvalue weighted by Crippen LogP contribution is -2.45. The summed E-state index contributed by atoms with van der Waals surface area (Å²) in [6, 6.07) is 15.4. The fourth-order valence-corrected chi connectivity index (χ4v) is 6.18. The Morgan fingerprint density at radius 3 is 2.69 bits per heavy atom. The smallest absolute Gasteiger partial charge is 0.243 e. The first-order chi connectivity index (χ1) is 15.4. The van der Waals surface area contributed by atoms with E-state index < -0.39 is 10.0 Å². The molecule has 0 aliphatic carbocycles. The van der Waals surface area contributed by atoms with Crippen LogP contribution in [0.2, 0.25) is 0 Å². The number of aryl methyl sites for hydroxylation is 1. The Morgan fingerprint density at radius 2 is 1.94 bits per heavy atom. The number of rotatable bonds is 7. The van der Waals surface area contributed by atoms with Crippen LogP contribution < -0.4 is 5.32 Å². The number of aromatic nitrogens is 1. The number of carbonyl (C=O) groups excluding carboxylic acids is 1. The van der Waals surface area contributed by atoms with Gasteiger partial charge in [0.1, 0.15) is 0 Å². The van der Waals surface area contributed by atoms with Gasteiger partial charge < -0.3 is 9.88 Å². The number of piperidine rings is 1. The Labute approximate surface area is 194 Å². The molecule has 0 spiro atoms. The minimum Gasteiger partial charge on any atom is -0.355 e. The summed E-state index contributed by atoms with van der Waals surface area (Å²) in [5, 5.41) is 3.89. The highest BCUT2D eigenvalue weighted by atomic mass is 32.2. The highest BCUT2D eigenvalue weighted by molar-refractivity contribution is 7.98. The standard InChI is InChI=1S/C24H29N3O3S2/c1-26-15-12-19-16-22(9-10-23(19)26)32(29,30)27-14-3-4-20(17-27)24(28)25-13-11-18-5-7-21(31-2)8-6-18/h5-10,12,15-16,20H,3-4,11,13-14,17H2,1-2H3,(H,25,28). The fourth-order valence-electron chi connectivity index (χ4n) is 4.21. The second kappa shape index (κ2) is 9.68. The summed E-state index contributed by atoms with van der Waals surface area (Å²) in [6.07, 6.45) is 6.10. The Bertz CT molecular complexity index is 1200. The maximum Gasteiger partial charge on any atom is 0.243 e. The molecule has 0 radical (unpaired) electrons. The molecule has 1 saturated heterocycles. The first-order valence-electron chi connectivity index (χ1n) is 10.8. The second-order valence-corrected chi connectivity index (χ2v) is 11.1. The molecule has 170 valence electrons. The predicted octanol–water partition coefficient (Wildman–Crippen LogP) is 3.66. The van der Waals surface area contributed by atoms with Crippen LogP contribution in [0.3, 0.4) is 0 Å². The number of sulfonamides is 1. The number of thioether (sulfide) groups is 1. The van der Waals surface area contributed by atoms with Crippen LogP contribution >= 0.6 is 11.8 Å². The summed E-state index contributed by atoms with van der Waals surface area (Å²) < 4.78 is 29.9. The zero-order valence-corrected chi connectivity index (χ0v) is 20.1. The highest BCUT2D eigenvalue weighted by Gasteiger charge is 2.33. The number of hydrogen-bond donors (Lipinski definition) is 1. The average Bonchev–Trinajstić information content (AvgIpc) is 3.19. The molecule has 1 aromatic heterocycles. The fraction of sp³-hybridized carbons (Fsp3) is 0.375. The molecular formula is C24H29N3O3S2. The molecule has 2 aromatic carbocycles. The Morgan fingerprint density at radius 1 is 1.16 bits per heavy atom. The number of fused-ring (bicyclic) bond motifs is 1. The lowest BCUT2D eigenvalue weighted by molar-refractivity contribution is -0.126. The van der Waals surface area contributed by atoms with E-state index in [1.54, 1.807) is 23.9 Å². The summed E-state index contributed by atoms with van der Waals surface area (Å²) in [4.78, 5) is 14.2. The van der Waals surface area contributed by atoms with Crippen LogP contribution in [0.5, 0.6) is 0 Å². The summed E-state index contributed by atoms with van der Waals surface area (Å²) in [6.45, 7) is 1.22. The summed E-state index contributed by atoms with van der Waals surface area (Å²) in [5.74, 6) is -0.387. The average molecular weight is 472 g/mol. The quantitative estimate of drug-likeness (QED) is 0.534. The molecule has 1 fully saturated rings. The van der Waals surface area contributed by atoms with Crippen molar-refractivity contribution in [2.75, 3.05) is 25.9 Å². The molecule has 1 atom stereocenters. The van der Waals surface area contributed by atoms with Crippen molar-refractivity contribution in [3.63, 3.8) is 0 Å². The number of nitrogens with zero attached hydrogens (tertiary/aromatic N) is 2. The van der Waals surface area contributed by atoms with Gasteiger partial charge in [0.15, 0.2) is 0 Å². The normalized spacial score (nSPS) is 17.5. The zero-order chi connectivity index (χ0) is 22.7. The van der Waals surface area contributed by atoms with Crippen molar-refractivity contribution in [3.8, 4) is 0 Å². The Kier molecular flexibility index (Phi) is 6.93. The van der Waals surface area contributed by atoms with Crippen LogP contribution in [0.25, 0.3) is 10.9 Å². The molecule has 3 aromatic rings. The van der Waals surface area contributed by atoms with Crippen molar-refractivity contribution in [3.05, 3.63) is 60.3 Å². The van der Waals surface area contributed by atoms with Gasteiger partial charge in [-0.15, -0.1) is 11.8 Å². The van der Waals surface area contributed by atoms with Gasteiger partial charge in [0.25, 0.3) is 0 Å². The number of carbonyl (C=O) groups is 1. The van der Waals surface area contributed by atoms with E-state index in [0.717, 1.165) is 17.3 Å². The number of amides is 1. The number of benzene rings is 2. The number of nitrogens with one attached hydrogen (secondary N) is 1. The first kappa shape index (κ1) is 22.9. The second-order valence-electron chi connectivity index (χ2n) is 8.24. The van der Waals surface area contributed by atoms with Crippen molar-refractivity contribution < 1.29 is 13.2 Å². The third-order valence-electron chi connectivity index (χ3n) is 6.12. The molecule has 2 heterocycles. The van der Waals surface area contributed by atoms with E-state index >= 15 is 0 Å². The third-order valence-corrected chi connectivity index (χ3v) is 8.73. The third kappa shape index (κ3) is 4.87. The van der Waals surface area contributed by atoms with E-state index in [2.05, 4.69) is 29.6 Å². The van der Waals surface area contributed by atoms with E-state index in [-0.39, 0.29) is 23.3 Å². The maximum atomic E-state index is 13.2. The lowest BCUT2D eigenvalue weighted by Gasteiger charge is -2.31. The molecule has 8 heteroatoms. The van der Waals surface area contributed by atoms with E-state index in [9.17, 15) is 13.2 Å². The lowest BCUT2D eigenvalue weighted by atomic mass is 9.99. The van der Waals surface area contributed by atoms with Gasteiger partial charge in [-0.1, -0.05) is 12.1 Å². The molecule has 0 saturated carbocycles. The topological polar surface area (TPSA) is 71.4 Å². The molecule has 1 N–H and O–H groups in total. The molecule has 1 aliphatic heterocycles. The van der Waals surface area contributed by atoms with Gasteiger partial charge in [0.2, 0.25) is 15.9 Å².